The van der Waals surface area contributed by atoms with Crippen molar-refractivity contribution in [3.8, 4) is 0 Å². The summed E-state index contributed by atoms with van der Waals surface area (Å²) in [5.74, 6) is 0. The Labute approximate surface area is 113 Å². The molecule has 1 aromatic carbocycles. The first kappa shape index (κ1) is 13.8. The van der Waals surface area contributed by atoms with Crippen molar-refractivity contribution in [1.29, 1.82) is 0 Å². The summed E-state index contributed by atoms with van der Waals surface area (Å²) >= 11 is 0. The summed E-state index contributed by atoms with van der Waals surface area (Å²) in [4.78, 5) is 13.1. The lowest BCUT2D eigenvalue weighted by Crippen LogP contribution is -2.22. The van der Waals surface area contributed by atoms with Crippen molar-refractivity contribution in [2.45, 2.75) is 26.2 Å². The maximum atomic E-state index is 11.0. The van der Waals surface area contributed by atoms with Crippen molar-refractivity contribution in [2.24, 2.45) is 0 Å². The Morgan fingerprint density at radius 3 is 2.79 bits per heavy atom. The standard InChI is InChI=1S/C14H21N3O2/c1-12-6-4-7-13(17(18)19)14(12)15-8-5-11-16-9-2-3-10-16/h4,6-7,15H,2-3,5,8-11H2,1H3. The van der Waals surface area contributed by atoms with Gasteiger partial charge in [-0.2, -0.15) is 0 Å². The first-order chi connectivity index (χ1) is 9.18. The average molecular weight is 263 g/mol. The largest absolute Gasteiger partial charge is 0.379 e. The molecule has 0 aliphatic carbocycles. The smallest absolute Gasteiger partial charge is 0.292 e. The molecule has 19 heavy (non-hydrogen) atoms. The fraction of sp³-hybridized carbons (Fsp3) is 0.571. The lowest BCUT2D eigenvalue weighted by molar-refractivity contribution is -0.384. The molecule has 0 unspecified atom stereocenters. The highest BCUT2D eigenvalue weighted by Crippen LogP contribution is 2.27. The van der Waals surface area contributed by atoms with E-state index in [9.17, 15) is 10.1 Å². The summed E-state index contributed by atoms with van der Waals surface area (Å²) in [6.45, 7) is 6.15. The molecule has 1 heterocycles. The van der Waals surface area contributed by atoms with Gasteiger partial charge in [0, 0.05) is 12.6 Å². The lowest BCUT2D eigenvalue weighted by Gasteiger charge is -2.15. The number of nitro benzene ring substituents is 1. The van der Waals surface area contributed by atoms with Crippen LogP contribution >= 0.6 is 0 Å². The maximum Gasteiger partial charge on any atom is 0.292 e. The molecule has 104 valence electrons. The first-order valence-electron chi connectivity index (χ1n) is 6.89. The number of nitrogens with one attached hydrogen (secondary N) is 1. The molecule has 1 N–H and O–H groups in total. The zero-order chi connectivity index (χ0) is 13.7. The topological polar surface area (TPSA) is 58.4 Å². The average Bonchev–Trinajstić information content (AvgIpc) is 2.88. The molecule has 5 heteroatoms. The number of para-hydroxylation sites is 1. The molecule has 0 radical (unpaired) electrons. The van der Waals surface area contributed by atoms with Gasteiger partial charge in [-0.15, -0.1) is 0 Å². The lowest BCUT2D eigenvalue weighted by atomic mass is 10.1. The van der Waals surface area contributed by atoms with Crippen LogP contribution in [0.3, 0.4) is 0 Å². The van der Waals surface area contributed by atoms with E-state index in [2.05, 4.69) is 10.2 Å². The third-order valence-corrected chi connectivity index (χ3v) is 3.60. The van der Waals surface area contributed by atoms with E-state index in [1.165, 1.54) is 25.9 Å². The van der Waals surface area contributed by atoms with Crippen LogP contribution in [0.5, 0.6) is 0 Å². The summed E-state index contributed by atoms with van der Waals surface area (Å²) in [7, 11) is 0. The van der Waals surface area contributed by atoms with Gasteiger partial charge in [0.2, 0.25) is 0 Å². The SMILES string of the molecule is Cc1cccc([N+](=O)[O-])c1NCCCN1CCCC1. The van der Waals surface area contributed by atoms with Crippen LogP contribution in [0.4, 0.5) is 11.4 Å². The number of nitrogens with zero attached hydrogens (tertiary/aromatic N) is 2. The second-order valence-electron chi connectivity index (χ2n) is 5.06. The Morgan fingerprint density at radius 2 is 2.11 bits per heavy atom. The molecule has 1 aromatic rings. The number of hydrogen-bond donors (Lipinski definition) is 1. The van der Waals surface area contributed by atoms with Crippen LogP contribution in [-0.4, -0.2) is 36.0 Å². The van der Waals surface area contributed by atoms with Crippen LogP contribution in [0.1, 0.15) is 24.8 Å². The predicted octanol–water partition coefficient (Wildman–Crippen LogP) is 2.80. The van der Waals surface area contributed by atoms with Gasteiger partial charge in [0.25, 0.3) is 5.69 Å². The molecule has 5 nitrogen and oxygen atoms in total. The monoisotopic (exact) mass is 263 g/mol. The summed E-state index contributed by atoms with van der Waals surface area (Å²) in [6.07, 6.45) is 3.62. The molecule has 1 saturated heterocycles. The Hall–Kier alpha value is -1.62. The molecule has 1 aliphatic heterocycles. The van der Waals surface area contributed by atoms with Gasteiger partial charge in [-0.25, -0.2) is 0 Å². The van der Waals surface area contributed by atoms with Gasteiger partial charge in [-0.3, -0.25) is 10.1 Å². The molecule has 0 bridgehead atoms. The second kappa shape index (κ2) is 6.52. The van der Waals surface area contributed by atoms with Crippen molar-refractivity contribution < 1.29 is 4.92 Å². The van der Waals surface area contributed by atoms with Gasteiger partial charge in [0.05, 0.1) is 4.92 Å². The highest BCUT2D eigenvalue weighted by atomic mass is 16.6. The zero-order valence-corrected chi connectivity index (χ0v) is 11.4. The minimum absolute atomic E-state index is 0.168. The van der Waals surface area contributed by atoms with E-state index in [0.29, 0.717) is 5.69 Å². The predicted molar refractivity (Wildman–Crippen MR) is 76.6 cm³/mol. The summed E-state index contributed by atoms with van der Waals surface area (Å²) < 4.78 is 0. The van der Waals surface area contributed by atoms with Gasteiger partial charge in [-0.1, -0.05) is 12.1 Å². The molecule has 0 amide bonds. The van der Waals surface area contributed by atoms with Gasteiger partial charge in [0.1, 0.15) is 5.69 Å². The fourth-order valence-corrected chi connectivity index (χ4v) is 2.56. The molecule has 0 atom stereocenters. The van der Waals surface area contributed by atoms with Crippen LogP contribution < -0.4 is 5.32 Å². The van der Waals surface area contributed by atoms with Crippen molar-refractivity contribution in [3.05, 3.63) is 33.9 Å². The number of nitro groups is 1. The van der Waals surface area contributed by atoms with Gasteiger partial charge in [-0.05, 0) is 51.4 Å². The van der Waals surface area contributed by atoms with Gasteiger partial charge < -0.3 is 10.2 Å². The van der Waals surface area contributed by atoms with Crippen molar-refractivity contribution in [3.63, 3.8) is 0 Å². The van der Waals surface area contributed by atoms with Crippen molar-refractivity contribution >= 4 is 11.4 Å². The number of aryl methyl sites for hydroxylation is 1. The van der Waals surface area contributed by atoms with E-state index in [0.717, 1.165) is 25.1 Å². The fourth-order valence-electron chi connectivity index (χ4n) is 2.56. The van der Waals surface area contributed by atoms with E-state index in [-0.39, 0.29) is 10.6 Å². The van der Waals surface area contributed by atoms with Gasteiger partial charge >= 0.3 is 0 Å². The van der Waals surface area contributed by atoms with Crippen LogP contribution in [0.25, 0.3) is 0 Å². The summed E-state index contributed by atoms with van der Waals surface area (Å²) in [5, 5.41) is 14.2. The minimum Gasteiger partial charge on any atom is -0.379 e. The number of hydrogen-bond acceptors (Lipinski definition) is 4. The van der Waals surface area contributed by atoms with E-state index in [1.54, 1.807) is 12.1 Å². The second-order valence-corrected chi connectivity index (χ2v) is 5.06. The Morgan fingerprint density at radius 1 is 1.37 bits per heavy atom. The quantitative estimate of drug-likeness (QED) is 0.487. The third kappa shape index (κ3) is 3.67. The van der Waals surface area contributed by atoms with Crippen LogP contribution in [0.2, 0.25) is 0 Å². The molecular weight excluding hydrogens is 242 g/mol. The molecule has 0 aromatic heterocycles. The molecule has 1 aliphatic rings. The van der Waals surface area contributed by atoms with Crippen molar-refractivity contribution in [1.82, 2.24) is 4.90 Å². The summed E-state index contributed by atoms with van der Waals surface area (Å²) in [6, 6.07) is 5.18. The third-order valence-electron chi connectivity index (χ3n) is 3.60. The number of anilines is 1. The number of rotatable bonds is 6. The highest BCUT2D eigenvalue weighted by molar-refractivity contribution is 5.65. The highest BCUT2D eigenvalue weighted by Gasteiger charge is 2.15. The molecule has 2 rings (SSSR count). The first-order valence-corrected chi connectivity index (χ1v) is 6.89. The minimum atomic E-state index is -0.324. The van der Waals surface area contributed by atoms with Crippen LogP contribution in [0, 0.1) is 17.0 Å². The van der Waals surface area contributed by atoms with Gasteiger partial charge in [0.15, 0.2) is 0 Å². The molecular formula is C14H21N3O2. The van der Waals surface area contributed by atoms with Crippen LogP contribution in [-0.2, 0) is 0 Å². The molecule has 0 saturated carbocycles. The Balaban J connectivity index is 1.86. The summed E-state index contributed by atoms with van der Waals surface area (Å²) in [5.41, 5.74) is 1.76. The van der Waals surface area contributed by atoms with Crippen molar-refractivity contribution in [2.75, 3.05) is 31.5 Å². The normalized spacial score (nSPS) is 15.6. The number of benzene rings is 1. The van der Waals surface area contributed by atoms with E-state index in [4.69, 9.17) is 0 Å². The van der Waals surface area contributed by atoms with E-state index >= 15 is 0 Å². The van der Waals surface area contributed by atoms with E-state index in [1.807, 2.05) is 13.0 Å². The van der Waals surface area contributed by atoms with E-state index < -0.39 is 0 Å². The number of likely N-dealkylation sites (tertiary alicyclic amines) is 1. The Bertz CT molecular complexity index is 442. The maximum absolute atomic E-state index is 11.0. The Kier molecular flexibility index (Phi) is 4.74. The zero-order valence-electron chi connectivity index (χ0n) is 11.4. The molecule has 0 spiro atoms. The molecule has 1 fully saturated rings. The van der Waals surface area contributed by atoms with Crippen LogP contribution in [0.15, 0.2) is 18.2 Å².